The number of anilines is 1. The van der Waals surface area contributed by atoms with Crippen LogP contribution in [0.5, 0.6) is 0 Å². The first kappa shape index (κ1) is 16.6. The molecule has 4 heteroatoms. The van der Waals surface area contributed by atoms with Crippen LogP contribution in [-0.2, 0) is 11.3 Å². The van der Waals surface area contributed by atoms with Crippen molar-refractivity contribution in [3.05, 3.63) is 72.1 Å². The summed E-state index contributed by atoms with van der Waals surface area (Å²) in [7, 11) is 0. The summed E-state index contributed by atoms with van der Waals surface area (Å²) in [6.07, 6.45) is 0.493. The van der Waals surface area contributed by atoms with Crippen LogP contribution in [0.25, 0.3) is 11.0 Å². The van der Waals surface area contributed by atoms with Crippen molar-refractivity contribution in [1.82, 2.24) is 9.55 Å². The standard InChI is InChI=1S/C22H23N3O/c1-15(2)13-25-20-7-5-4-6-19(20)23-22(25)17-12-21(26)24(14-17)18-10-8-16(3)9-11-18/h4-11,17H,1,12-14H2,2-3H3. The fraction of sp³-hybridized carbons (Fsp3) is 0.273. The Morgan fingerprint density at radius 1 is 1.19 bits per heavy atom. The van der Waals surface area contributed by atoms with Crippen molar-refractivity contribution in [3.8, 4) is 0 Å². The molecule has 1 atom stereocenters. The van der Waals surface area contributed by atoms with Gasteiger partial charge in [-0.05, 0) is 38.1 Å². The molecule has 2 aromatic carbocycles. The third kappa shape index (κ3) is 2.92. The van der Waals surface area contributed by atoms with Crippen molar-refractivity contribution in [2.45, 2.75) is 32.7 Å². The van der Waals surface area contributed by atoms with Gasteiger partial charge in [-0.3, -0.25) is 4.79 Å². The van der Waals surface area contributed by atoms with Crippen LogP contribution in [0.15, 0.2) is 60.7 Å². The highest BCUT2D eigenvalue weighted by Gasteiger charge is 2.34. The van der Waals surface area contributed by atoms with Gasteiger partial charge in [-0.15, -0.1) is 0 Å². The molecule has 0 radical (unpaired) electrons. The van der Waals surface area contributed by atoms with Crippen molar-refractivity contribution < 1.29 is 4.79 Å². The van der Waals surface area contributed by atoms with E-state index in [0.717, 1.165) is 34.7 Å². The van der Waals surface area contributed by atoms with E-state index in [1.807, 2.05) is 54.3 Å². The van der Waals surface area contributed by atoms with Crippen LogP contribution in [-0.4, -0.2) is 22.0 Å². The summed E-state index contributed by atoms with van der Waals surface area (Å²) in [5.41, 5.74) is 5.32. The number of nitrogens with zero attached hydrogens (tertiary/aromatic N) is 3. The molecule has 0 saturated carbocycles. The summed E-state index contributed by atoms with van der Waals surface area (Å²) >= 11 is 0. The summed E-state index contributed by atoms with van der Waals surface area (Å²) in [5.74, 6) is 1.24. The largest absolute Gasteiger partial charge is 0.324 e. The Morgan fingerprint density at radius 3 is 2.65 bits per heavy atom. The molecule has 1 unspecified atom stereocenters. The number of amides is 1. The zero-order chi connectivity index (χ0) is 18.3. The van der Waals surface area contributed by atoms with E-state index in [-0.39, 0.29) is 11.8 Å². The number of allylic oxidation sites excluding steroid dienone is 1. The minimum Gasteiger partial charge on any atom is -0.324 e. The predicted octanol–water partition coefficient (Wildman–Crippen LogP) is 4.44. The van der Waals surface area contributed by atoms with E-state index in [1.54, 1.807) is 0 Å². The molecule has 0 N–H and O–H groups in total. The molecule has 1 aliphatic heterocycles. The number of fused-ring (bicyclic) bond motifs is 1. The van der Waals surface area contributed by atoms with E-state index >= 15 is 0 Å². The van der Waals surface area contributed by atoms with Gasteiger partial charge in [0.05, 0.1) is 11.0 Å². The lowest BCUT2D eigenvalue weighted by Crippen LogP contribution is -2.24. The second-order valence-electron chi connectivity index (χ2n) is 7.24. The maximum Gasteiger partial charge on any atom is 0.227 e. The molecule has 1 aromatic heterocycles. The molecular formula is C22H23N3O. The minimum absolute atomic E-state index is 0.0931. The number of hydrogen-bond donors (Lipinski definition) is 0. The second-order valence-corrected chi connectivity index (χ2v) is 7.24. The van der Waals surface area contributed by atoms with Gasteiger partial charge in [0.1, 0.15) is 5.82 Å². The van der Waals surface area contributed by atoms with Crippen LogP contribution in [0.4, 0.5) is 5.69 Å². The number of benzene rings is 2. The van der Waals surface area contributed by atoms with Gasteiger partial charge in [-0.2, -0.15) is 0 Å². The first-order valence-corrected chi connectivity index (χ1v) is 8.99. The van der Waals surface area contributed by atoms with E-state index < -0.39 is 0 Å². The van der Waals surface area contributed by atoms with E-state index in [1.165, 1.54) is 5.56 Å². The van der Waals surface area contributed by atoms with E-state index in [0.29, 0.717) is 13.0 Å². The summed E-state index contributed by atoms with van der Waals surface area (Å²) in [6, 6.07) is 16.3. The van der Waals surface area contributed by atoms with E-state index in [4.69, 9.17) is 4.98 Å². The van der Waals surface area contributed by atoms with Crippen LogP contribution in [0, 0.1) is 6.92 Å². The highest BCUT2D eigenvalue weighted by atomic mass is 16.2. The van der Waals surface area contributed by atoms with Crippen molar-refractivity contribution in [3.63, 3.8) is 0 Å². The third-order valence-corrected chi connectivity index (χ3v) is 4.95. The number of imidazole rings is 1. The summed E-state index contributed by atoms with van der Waals surface area (Å²) in [5, 5.41) is 0. The van der Waals surface area contributed by atoms with Gasteiger partial charge >= 0.3 is 0 Å². The van der Waals surface area contributed by atoms with Crippen molar-refractivity contribution >= 4 is 22.6 Å². The van der Waals surface area contributed by atoms with Gasteiger partial charge in [0.15, 0.2) is 0 Å². The molecule has 2 heterocycles. The summed E-state index contributed by atoms with van der Waals surface area (Å²) in [6.45, 7) is 9.54. The number of carbonyl (C=O) groups is 1. The summed E-state index contributed by atoms with van der Waals surface area (Å²) < 4.78 is 2.22. The number of aryl methyl sites for hydroxylation is 1. The first-order chi connectivity index (χ1) is 12.5. The zero-order valence-electron chi connectivity index (χ0n) is 15.3. The predicted molar refractivity (Wildman–Crippen MR) is 105 cm³/mol. The van der Waals surface area contributed by atoms with Crippen molar-refractivity contribution in [2.75, 3.05) is 11.4 Å². The highest BCUT2D eigenvalue weighted by Crippen LogP contribution is 2.33. The molecule has 4 rings (SSSR count). The number of para-hydroxylation sites is 2. The number of hydrogen-bond acceptors (Lipinski definition) is 2. The molecule has 1 amide bonds. The molecule has 0 spiro atoms. The number of aromatic nitrogens is 2. The normalized spacial score (nSPS) is 17.2. The second kappa shape index (κ2) is 6.45. The van der Waals surface area contributed by atoms with Crippen LogP contribution in [0.2, 0.25) is 0 Å². The molecular weight excluding hydrogens is 322 g/mol. The monoisotopic (exact) mass is 345 g/mol. The Hall–Kier alpha value is -2.88. The molecule has 0 bridgehead atoms. The van der Waals surface area contributed by atoms with Gasteiger partial charge < -0.3 is 9.47 Å². The number of carbonyl (C=O) groups excluding carboxylic acids is 1. The molecule has 1 fully saturated rings. The maximum absolute atomic E-state index is 12.7. The van der Waals surface area contributed by atoms with Crippen molar-refractivity contribution in [2.24, 2.45) is 0 Å². The lowest BCUT2D eigenvalue weighted by molar-refractivity contribution is -0.117. The summed E-state index contributed by atoms with van der Waals surface area (Å²) in [4.78, 5) is 19.4. The minimum atomic E-state index is 0.0931. The van der Waals surface area contributed by atoms with E-state index in [9.17, 15) is 4.79 Å². The first-order valence-electron chi connectivity index (χ1n) is 8.99. The Morgan fingerprint density at radius 2 is 1.92 bits per heavy atom. The van der Waals surface area contributed by atoms with Gasteiger partial charge in [0.2, 0.25) is 5.91 Å². The fourth-order valence-corrected chi connectivity index (χ4v) is 3.70. The third-order valence-electron chi connectivity index (χ3n) is 4.95. The molecule has 4 nitrogen and oxygen atoms in total. The van der Waals surface area contributed by atoms with Gasteiger partial charge in [0.25, 0.3) is 0 Å². The molecule has 132 valence electrons. The van der Waals surface area contributed by atoms with Gasteiger partial charge in [-0.1, -0.05) is 42.0 Å². The lowest BCUT2D eigenvalue weighted by atomic mass is 10.1. The van der Waals surface area contributed by atoms with Crippen molar-refractivity contribution in [1.29, 1.82) is 0 Å². The molecule has 1 saturated heterocycles. The van der Waals surface area contributed by atoms with Gasteiger partial charge in [0, 0.05) is 31.1 Å². The fourth-order valence-electron chi connectivity index (χ4n) is 3.70. The maximum atomic E-state index is 12.7. The SMILES string of the molecule is C=C(C)Cn1c(C2CC(=O)N(c3ccc(C)cc3)C2)nc2ccccc21. The lowest BCUT2D eigenvalue weighted by Gasteiger charge is -2.17. The highest BCUT2D eigenvalue weighted by molar-refractivity contribution is 5.96. The van der Waals surface area contributed by atoms with Crippen LogP contribution in [0.1, 0.15) is 30.7 Å². The molecule has 1 aliphatic rings. The Balaban J connectivity index is 1.71. The average Bonchev–Trinajstić information content (AvgIpc) is 3.16. The number of rotatable bonds is 4. The average molecular weight is 345 g/mol. The van der Waals surface area contributed by atoms with Crippen LogP contribution < -0.4 is 4.90 Å². The Labute approximate surface area is 153 Å². The molecule has 0 aliphatic carbocycles. The quantitative estimate of drug-likeness (QED) is 0.656. The van der Waals surface area contributed by atoms with Gasteiger partial charge in [-0.25, -0.2) is 4.98 Å². The van der Waals surface area contributed by atoms with Crippen LogP contribution in [0.3, 0.4) is 0 Å². The Bertz CT molecular complexity index is 984. The molecule has 3 aromatic rings. The Kier molecular flexibility index (Phi) is 4.11. The van der Waals surface area contributed by atoms with Crippen LogP contribution >= 0.6 is 0 Å². The smallest absolute Gasteiger partial charge is 0.227 e. The van der Waals surface area contributed by atoms with E-state index in [2.05, 4.69) is 24.1 Å². The zero-order valence-corrected chi connectivity index (χ0v) is 15.3. The molecule has 26 heavy (non-hydrogen) atoms. The topological polar surface area (TPSA) is 38.1 Å².